The van der Waals surface area contributed by atoms with Crippen LogP contribution >= 0.6 is 11.3 Å². The van der Waals surface area contributed by atoms with E-state index >= 15 is 0 Å². The molecule has 4 rings (SSSR count). The van der Waals surface area contributed by atoms with Crippen LogP contribution in [0.2, 0.25) is 0 Å². The maximum absolute atomic E-state index is 12.8. The Bertz CT molecular complexity index is 777. The summed E-state index contributed by atoms with van der Waals surface area (Å²) in [6.45, 7) is 9.78. The number of carbonyl (C=O) groups is 1. The highest BCUT2D eigenvalue weighted by Gasteiger charge is 2.24. The van der Waals surface area contributed by atoms with E-state index < -0.39 is 0 Å². The van der Waals surface area contributed by atoms with Gasteiger partial charge in [0.1, 0.15) is 9.88 Å². The van der Waals surface area contributed by atoms with E-state index in [9.17, 15) is 4.79 Å². The molecule has 1 aromatic heterocycles. The molecule has 1 aliphatic heterocycles. The molecule has 0 atom stereocenters. The Morgan fingerprint density at radius 3 is 2.03 bits per heavy atom. The zero-order valence-corrected chi connectivity index (χ0v) is 19.2. The van der Waals surface area contributed by atoms with Crippen LogP contribution in [0.5, 0.6) is 0 Å². The standard InChI is InChI=1S/C19H25N3OS.C5H10/c1-13(2)15-5-7-16(8-6-15)18-20-14(3)17(24-18)19(23)22-11-9-21(4)10-12-22;1-2-4-5-3-1/h5-8,13H,9-12H2,1-4H3;1-5H2. The van der Waals surface area contributed by atoms with E-state index in [2.05, 4.69) is 55.0 Å². The number of hydrogen-bond acceptors (Lipinski definition) is 4. The molecule has 1 saturated carbocycles. The summed E-state index contributed by atoms with van der Waals surface area (Å²) < 4.78 is 0. The summed E-state index contributed by atoms with van der Waals surface area (Å²) in [6, 6.07) is 8.52. The van der Waals surface area contributed by atoms with E-state index in [1.54, 1.807) is 0 Å². The number of aromatic nitrogens is 1. The molecule has 158 valence electrons. The van der Waals surface area contributed by atoms with Gasteiger partial charge >= 0.3 is 0 Å². The first-order valence-corrected chi connectivity index (χ1v) is 11.8. The van der Waals surface area contributed by atoms with Crippen molar-refractivity contribution in [2.75, 3.05) is 33.2 Å². The van der Waals surface area contributed by atoms with Gasteiger partial charge in [0.15, 0.2) is 0 Å². The predicted octanol–water partition coefficient (Wildman–Crippen LogP) is 5.58. The van der Waals surface area contributed by atoms with Gasteiger partial charge in [-0.25, -0.2) is 4.98 Å². The number of hydrogen-bond donors (Lipinski definition) is 0. The number of benzene rings is 1. The molecule has 0 bridgehead atoms. The third kappa shape index (κ3) is 5.89. The van der Waals surface area contributed by atoms with E-state index in [0.29, 0.717) is 5.92 Å². The molecule has 5 heteroatoms. The average Bonchev–Trinajstić information content (AvgIpc) is 3.41. The molecule has 4 nitrogen and oxygen atoms in total. The van der Waals surface area contributed by atoms with Crippen molar-refractivity contribution in [3.05, 3.63) is 40.4 Å². The van der Waals surface area contributed by atoms with Gasteiger partial charge in [0.2, 0.25) is 0 Å². The molecule has 1 amide bonds. The molecular formula is C24H35N3OS. The SMILES string of the molecule is C1CCCC1.Cc1nc(-c2ccc(C(C)C)cc2)sc1C(=O)N1CCN(C)CC1. The molecule has 0 spiro atoms. The topological polar surface area (TPSA) is 36.4 Å². The molecule has 2 aliphatic rings. The zero-order chi connectivity index (χ0) is 20.8. The van der Waals surface area contributed by atoms with Crippen LogP contribution in [0.4, 0.5) is 0 Å². The number of likely N-dealkylation sites (N-methyl/N-ethyl adjacent to an activating group) is 1. The van der Waals surface area contributed by atoms with Crippen LogP contribution in [-0.2, 0) is 0 Å². The number of nitrogens with zero attached hydrogens (tertiary/aromatic N) is 3. The molecular weight excluding hydrogens is 378 g/mol. The molecule has 0 unspecified atom stereocenters. The van der Waals surface area contributed by atoms with Crippen LogP contribution in [0.3, 0.4) is 0 Å². The summed E-state index contributed by atoms with van der Waals surface area (Å²) in [4.78, 5) is 22.4. The molecule has 2 heterocycles. The highest BCUT2D eigenvalue weighted by Crippen LogP contribution is 2.30. The third-order valence-electron chi connectivity index (χ3n) is 5.86. The molecule has 1 aliphatic carbocycles. The molecule has 2 fully saturated rings. The molecule has 1 saturated heterocycles. The quantitative estimate of drug-likeness (QED) is 0.659. The summed E-state index contributed by atoms with van der Waals surface area (Å²) in [5.41, 5.74) is 3.25. The van der Waals surface area contributed by atoms with Crippen molar-refractivity contribution in [2.45, 2.75) is 58.8 Å². The van der Waals surface area contributed by atoms with Crippen LogP contribution in [-0.4, -0.2) is 53.9 Å². The number of thiazole rings is 1. The Morgan fingerprint density at radius 2 is 1.52 bits per heavy atom. The van der Waals surface area contributed by atoms with Crippen molar-refractivity contribution in [3.8, 4) is 10.6 Å². The Morgan fingerprint density at radius 1 is 0.966 bits per heavy atom. The number of amides is 1. The minimum absolute atomic E-state index is 0.128. The first-order valence-electron chi connectivity index (χ1n) is 11.0. The lowest BCUT2D eigenvalue weighted by Gasteiger charge is -2.32. The maximum Gasteiger partial charge on any atom is 0.265 e. The van der Waals surface area contributed by atoms with Crippen LogP contribution in [0, 0.1) is 6.92 Å². The van der Waals surface area contributed by atoms with E-state index in [0.717, 1.165) is 47.3 Å². The van der Waals surface area contributed by atoms with Crippen molar-refractivity contribution in [1.82, 2.24) is 14.8 Å². The maximum atomic E-state index is 12.8. The second-order valence-electron chi connectivity index (χ2n) is 8.57. The second kappa shape index (κ2) is 10.4. The fraction of sp³-hybridized carbons (Fsp3) is 0.583. The highest BCUT2D eigenvalue weighted by atomic mass is 32.1. The van der Waals surface area contributed by atoms with Crippen molar-refractivity contribution in [3.63, 3.8) is 0 Å². The van der Waals surface area contributed by atoms with Crippen molar-refractivity contribution in [2.24, 2.45) is 0 Å². The van der Waals surface area contributed by atoms with E-state index in [-0.39, 0.29) is 5.91 Å². The molecule has 29 heavy (non-hydrogen) atoms. The number of rotatable bonds is 3. The normalized spacial score (nSPS) is 17.3. The Hall–Kier alpha value is -1.72. The monoisotopic (exact) mass is 413 g/mol. The molecule has 2 aromatic rings. The van der Waals surface area contributed by atoms with Crippen molar-refractivity contribution < 1.29 is 4.79 Å². The lowest BCUT2D eigenvalue weighted by atomic mass is 10.0. The molecule has 0 N–H and O–H groups in total. The minimum Gasteiger partial charge on any atom is -0.335 e. The lowest BCUT2D eigenvalue weighted by Crippen LogP contribution is -2.47. The van der Waals surface area contributed by atoms with Crippen molar-refractivity contribution >= 4 is 17.2 Å². The fourth-order valence-corrected chi connectivity index (χ4v) is 4.81. The van der Waals surface area contributed by atoms with Gasteiger partial charge in [-0.3, -0.25) is 4.79 Å². The molecule has 0 radical (unpaired) electrons. The minimum atomic E-state index is 0.128. The van der Waals surface area contributed by atoms with Crippen molar-refractivity contribution in [1.29, 1.82) is 0 Å². The summed E-state index contributed by atoms with van der Waals surface area (Å²) in [6.07, 6.45) is 7.50. The second-order valence-corrected chi connectivity index (χ2v) is 9.57. The Kier molecular flexibility index (Phi) is 7.84. The lowest BCUT2D eigenvalue weighted by molar-refractivity contribution is 0.0668. The van der Waals surface area contributed by atoms with Gasteiger partial charge in [0, 0.05) is 31.7 Å². The van der Waals surface area contributed by atoms with Gasteiger partial charge in [0.05, 0.1) is 5.69 Å². The number of aryl methyl sites for hydroxylation is 1. The summed E-state index contributed by atoms with van der Waals surface area (Å²) >= 11 is 1.51. The van der Waals surface area contributed by atoms with E-state index in [1.165, 1.54) is 49.0 Å². The smallest absolute Gasteiger partial charge is 0.265 e. The van der Waals surface area contributed by atoms with E-state index in [4.69, 9.17) is 0 Å². The van der Waals surface area contributed by atoms with Crippen LogP contribution in [0.1, 0.15) is 72.8 Å². The number of piperazine rings is 1. The Labute approximate surface area is 179 Å². The Balaban J connectivity index is 0.000000419. The van der Waals surface area contributed by atoms with E-state index in [1.807, 2.05) is 11.8 Å². The van der Waals surface area contributed by atoms with Gasteiger partial charge < -0.3 is 9.80 Å². The zero-order valence-electron chi connectivity index (χ0n) is 18.4. The van der Waals surface area contributed by atoms with Crippen LogP contribution in [0.15, 0.2) is 24.3 Å². The summed E-state index contributed by atoms with van der Waals surface area (Å²) in [5.74, 6) is 0.648. The summed E-state index contributed by atoms with van der Waals surface area (Å²) in [7, 11) is 2.10. The largest absolute Gasteiger partial charge is 0.335 e. The van der Waals surface area contributed by atoms with Gasteiger partial charge in [-0.05, 0) is 25.5 Å². The first kappa shape index (κ1) is 22.0. The first-order chi connectivity index (χ1) is 14.0. The predicted molar refractivity (Wildman–Crippen MR) is 123 cm³/mol. The van der Waals surface area contributed by atoms with Gasteiger partial charge in [-0.1, -0.05) is 70.2 Å². The van der Waals surface area contributed by atoms with Gasteiger partial charge in [-0.15, -0.1) is 11.3 Å². The van der Waals surface area contributed by atoms with Gasteiger partial charge in [-0.2, -0.15) is 0 Å². The highest BCUT2D eigenvalue weighted by molar-refractivity contribution is 7.17. The summed E-state index contributed by atoms with van der Waals surface area (Å²) in [5, 5.41) is 0.931. The molecule has 1 aromatic carbocycles. The number of carbonyl (C=O) groups excluding carboxylic acids is 1. The fourth-order valence-electron chi connectivity index (χ4n) is 3.77. The van der Waals surface area contributed by atoms with Crippen LogP contribution < -0.4 is 0 Å². The van der Waals surface area contributed by atoms with Crippen LogP contribution in [0.25, 0.3) is 10.6 Å². The average molecular weight is 414 g/mol. The third-order valence-corrected chi connectivity index (χ3v) is 7.05. The van der Waals surface area contributed by atoms with Gasteiger partial charge in [0.25, 0.3) is 5.91 Å².